The summed E-state index contributed by atoms with van der Waals surface area (Å²) in [5, 5.41) is 9.56. The van der Waals surface area contributed by atoms with Gasteiger partial charge < -0.3 is 14.4 Å². The van der Waals surface area contributed by atoms with E-state index in [1.807, 2.05) is 41.3 Å². The van der Waals surface area contributed by atoms with Crippen LogP contribution in [0.2, 0.25) is 0 Å². The maximum atomic E-state index is 13.4. The summed E-state index contributed by atoms with van der Waals surface area (Å²) in [5.41, 5.74) is 1.61. The summed E-state index contributed by atoms with van der Waals surface area (Å²) in [4.78, 5) is 20.0. The molecular formula is C24H33N3O3. The molecule has 162 valence electrons. The molecule has 2 aliphatic rings. The predicted molar refractivity (Wildman–Crippen MR) is 117 cm³/mol. The fraction of sp³-hybridized carbons (Fsp3) is 0.542. The first kappa shape index (κ1) is 21.1. The van der Waals surface area contributed by atoms with Gasteiger partial charge in [-0.2, -0.15) is 0 Å². The van der Waals surface area contributed by atoms with Gasteiger partial charge in [-0.3, -0.25) is 14.6 Å². The van der Waals surface area contributed by atoms with E-state index >= 15 is 0 Å². The molecule has 1 aromatic carbocycles. The number of aliphatic hydroxyl groups is 1. The van der Waals surface area contributed by atoms with E-state index in [4.69, 9.17) is 4.42 Å². The number of likely N-dealkylation sites (tertiary alicyclic amines) is 2. The molecule has 1 aromatic heterocycles. The molecule has 0 unspecified atom stereocenters. The molecule has 0 radical (unpaired) electrons. The van der Waals surface area contributed by atoms with Gasteiger partial charge in [0.15, 0.2) is 0 Å². The monoisotopic (exact) mass is 411 g/mol. The first-order valence-electron chi connectivity index (χ1n) is 11.2. The Morgan fingerprint density at radius 2 is 1.80 bits per heavy atom. The summed E-state index contributed by atoms with van der Waals surface area (Å²) >= 11 is 0. The number of benzene rings is 1. The minimum atomic E-state index is -0.173. The molecule has 1 amide bonds. The summed E-state index contributed by atoms with van der Waals surface area (Å²) in [6.07, 6.45) is 1.75. The zero-order valence-corrected chi connectivity index (χ0v) is 18.1. The van der Waals surface area contributed by atoms with Gasteiger partial charge in [0.25, 0.3) is 5.91 Å². The van der Waals surface area contributed by atoms with Crippen molar-refractivity contribution in [2.24, 2.45) is 0 Å². The van der Waals surface area contributed by atoms with Crippen LogP contribution >= 0.6 is 0 Å². The van der Waals surface area contributed by atoms with Crippen LogP contribution in [0.5, 0.6) is 0 Å². The molecule has 0 spiro atoms. The molecule has 6 nitrogen and oxygen atoms in total. The second-order valence-corrected chi connectivity index (χ2v) is 8.41. The third kappa shape index (κ3) is 4.46. The molecule has 3 heterocycles. The molecule has 30 heavy (non-hydrogen) atoms. The van der Waals surface area contributed by atoms with Crippen molar-refractivity contribution in [3.63, 3.8) is 0 Å². The van der Waals surface area contributed by atoms with Gasteiger partial charge >= 0.3 is 0 Å². The fourth-order valence-corrected chi connectivity index (χ4v) is 4.54. The maximum Gasteiger partial charge on any atom is 0.257 e. The largest absolute Gasteiger partial charge is 0.459 e. The molecule has 6 heteroatoms. The van der Waals surface area contributed by atoms with Crippen LogP contribution in [0.15, 0.2) is 40.8 Å². The number of piperidine rings is 1. The van der Waals surface area contributed by atoms with E-state index in [-0.39, 0.29) is 12.0 Å². The first-order chi connectivity index (χ1) is 14.6. The van der Waals surface area contributed by atoms with Crippen molar-refractivity contribution in [2.45, 2.75) is 45.4 Å². The molecule has 2 aromatic rings. The van der Waals surface area contributed by atoms with Gasteiger partial charge in [-0.1, -0.05) is 44.2 Å². The Hall–Kier alpha value is -2.15. The van der Waals surface area contributed by atoms with Crippen LogP contribution in [0, 0.1) is 0 Å². The lowest BCUT2D eigenvalue weighted by Gasteiger charge is -2.45. The zero-order chi connectivity index (χ0) is 21.1. The lowest BCUT2D eigenvalue weighted by Crippen LogP contribution is -2.58. The number of amides is 1. The van der Waals surface area contributed by atoms with Crippen molar-refractivity contribution in [1.82, 2.24) is 14.7 Å². The minimum Gasteiger partial charge on any atom is -0.459 e. The van der Waals surface area contributed by atoms with Gasteiger partial charge in [0.2, 0.25) is 0 Å². The number of β-amino-alcohol motifs (C(OH)–C–C–N with tert-alkyl or cyclic N) is 1. The Morgan fingerprint density at radius 3 is 2.40 bits per heavy atom. The average Bonchev–Trinajstić information content (AvgIpc) is 3.19. The number of aliphatic hydroxyl groups excluding tert-OH is 1. The van der Waals surface area contributed by atoms with Crippen LogP contribution in [0.1, 0.15) is 42.8 Å². The van der Waals surface area contributed by atoms with Gasteiger partial charge in [0, 0.05) is 37.8 Å². The van der Waals surface area contributed by atoms with E-state index in [2.05, 4.69) is 23.6 Å². The van der Waals surface area contributed by atoms with Gasteiger partial charge in [-0.15, -0.1) is 0 Å². The predicted octanol–water partition coefficient (Wildman–Crippen LogP) is 3.07. The summed E-state index contributed by atoms with van der Waals surface area (Å²) in [6, 6.07) is 12.3. The molecule has 0 aliphatic carbocycles. The van der Waals surface area contributed by atoms with Gasteiger partial charge in [0.1, 0.15) is 11.5 Å². The highest BCUT2D eigenvalue weighted by molar-refractivity contribution is 6.00. The third-order valence-electron chi connectivity index (χ3n) is 6.48. The van der Waals surface area contributed by atoms with E-state index in [9.17, 15) is 9.90 Å². The molecule has 0 atom stereocenters. The van der Waals surface area contributed by atoms with Gasteiger partial charge in [0.05, 0.1) is 18.2 Å². The zero-order valence-electron chi connectivity index (χ0n) is 18.1. The number of carbonyl (C=O) groups excluding carboxylic acids is 1. The molecular weight excluding hydrogens is 378 g/mol. The number of nitrogens with zero attached hydrogens (tertiary/aromatic N) is 3. The Kier molecular flexibility index (Phi) is 6.56. The maximum absolute atomic E-state index is 13.4. The summed E-state index contributed by atoms with van der Waals surface area (Å²) in [6.45, 7) is 9.91. The quantitative estimate of drug-likeness (QED) is 0.759. The van der Waals surface area contributed by atoms with E-state index in [1.165, 1.54) is 0 Å². The smallest absolute Gasteiger partial charge is 0.257 e. The van der Waals surface area contributed by atoms with Crippen LogP contribution in [-0.2, 0) is 6.54 Å². The lowest BCUT2D eigenvalue weighted by molar-refractivity contribution is -0.0381. The number of furan rings is 1. The molecule has 1 N–H and O–H groups in total. The molecule has 2 aliphatic heterocycles. The average molecular weight is 412 g/mol. The Balaban J connectivity index is 1.51. The number of rotatable bonds is 7. The van der Waals surface area contributed by atoms with Crippen molar-refractivity contribution in [1.29, 1.82) is 0 Å². The van der Waals surface area contributed by atoms with Crippen LogP contribution in [-0.4, -0.2) is 77.1 Å². The van der Waals surface area contributed by atoms with E-state index in [0.717, 1.165) is 63.4 Å². The number of hydrogen-bond acceptors (Lipinski definition) is 5. The second kappa shape index (κ2) is 9.33. The summed E-state index contributed by atoms with van der Waals surface area (Å²) in [7, 11) is 0. The highest BCUT2D eigenvalue weighted by Crippen LogP contribution is 2.30. The fourth-order valence-electron chi connectivity index (χ4n) is 4.54. The molecule has 4 rings (SSSR count). The van der Waals surface area contributed by atoms with Gasteiger partial charge in [-0.25, -0.2) is 0 Å². The van der Waals surface area contributed by atoms with Crippen molar-refractivity contribution < 1.29 is 14.3 Å². The van der Waals surface area contributed by atoms with E-state index in [1.54, 1.807) is 0 Å². The van der Waals surface area contributed by atoms with E-state index < -0.39 is 0 Å². The van der Waals surface area contributed by atoms with Gasteiger partial charge in [-0.05, 0) is 32.0 Å². The van der Waals surface area contributed by atoms with Crippen molar-refractivity contribution in [2.75, 3.05) is 39.3 Å². The third-order valence-corrected chi connectivity index (χ3v) is 6.48. The van der Waals surface area contributed by atoms with Crippen molar-refractivity contribution in [3.05, 3.63) is 47.7 Å². The summed E-state index contributed by atoms with van der Waals surface area (Å²) in [5.74, 6) is 1.58. The van der Waals surface area contributed by atoms with Crippen LogP contribution < -0.4 is 0 Å². The first-order valence-corrected chi connectivity index (χ1v) is 11.2. The van der Waals surface area contributed by atoms with Crippen molar-refractivity contribution >= 4 is 5.91 Å². The van der Waals surface area contributed by atoms with Crippen LogP contribution in [0.25, 0.3) is 11.3 Å². The molecule has 0 bridgehead atoms. The minimum absolute atomic E-state index is 0.0606. The summed E-state index contributed by atoms with van der Waals surface area (Å²) < 4.78 is 6.22. The van der Waals surface area contributed by atoms with E-state index in [0.29, 0.717) is 23.9 Å². The normalized spacial score (nSPS) is 18.7. The Morgan fingerprint density at radius 1 is 1.13 bits per heavy atom. The lowest BCUT2D eigenvalue weighted by atomic mass is 9.98. The number of hydrogen-bond donors (Lipinski definition) is 1. The highest BCUT2D eigenvalue weighted by atomic mass is 16.3. The SMILES string of the molecule is CCN(CC)Cc1cc(C(=O)N2CCC(N3CC(O)C3)CC2)c(-c2ccccc2)o1. The van der Waals surface area contributed by atoms with Crippen molar-refractivity contribution in [3.8, 4) is 11.3 Å². The van der Waals surface area contributed by atoms with Crippen LogP contribution in [0.3, 0.4) is 0 Å². The molecule has 2 saturated heterocycles. The van der Waals surface area contributed by atoms with Crippen LogP contribution in [0.4, 0.5) is 0 Å². The molecule has 0 saturated carbocycles. The standard InChI is InChI=1S/C24H33N3O3/c1-3-25(4-2)17-21-14-22(23(30-21)18-8-6-5-7-9-18)24(29)26-12-10-19(11-13-26)27-15-20(28)16-27/h5-9,14,19-20,28H,3-4,10-13,15-17H2,1-2H3. The molecule has 2 fully saturated rings. The second-order valence-electron chi connectivity index (χ2n) is 8.41. The number of carbonyl (C=O) groups is 1. The Labute approximate surface area is 179 Å². The topological polar surface area (TPSA) is 60.2 Å². The highest BCUT2D eigenvalue weighted by Gasteiger charge is 2.34. The Bertz CT molecular complexity index is 833.